The molecule has 7 nitrogen and oxygen atoms in total. The highest BCUT2D eigenvalue weighted by Crippen LogP contribution is 2.34. The van der Waals surface area contributed by atoms with E-state index in [1.165, 1.54) is 12.0 Å². The van der Waals surface area contributed by atoms with Crippen LogP contribution in [0.3, 0.4) is 0 Å². The van der Waals surface area contributed by atoms with Gasteiger partial charge in [-0.15, -0.1) is 0 Å². The van der Waals surface area contributed by atoms with Crippen LogP contribution in [0.1, 0.15) is 73.5 Å². The summed E-state index contributed by atoms with van der Waals surface area (Å²) < 4.78 is 12.2. The summed E-state index contributed by atoms with van der Waals surface area (Å²) in [6, 6.07) is 9.77. The predicted octanol–water partition coefficient (Wildman–Crippen LogP) is 4.78. The summed E-state index contributed by atoms with van der Waals surface area (Å²) in [5.74, 6) is 0.674. The number of carboxylic acids is 1. The van der Waals surface area contributed by atoms with Gasteiger partial charge in [-0.2, -0.15) is 0 Å². The number of pyridine rings is 1. The smallest absolute Gasteiger partial charge is 0.325 e. The van der Waals surface area contributed by atoms with Gasteiger partial charge < -0.3 is 19.9 Å². The lowest BCUT2D eigenvalue weighted by Crippen LogP contribution is -2.36. The van der Waals surface area contributed by atoms with Crippen molar-refractivity contribution in [3.63, 3.8) is 0 Å². The molecule has 0 aliphatic carbocycles. The fraction of sp³-hybridized carbons (Fsp3) is 0.600. The second-order valence-corrected chi connectivity index (χ2v) is 11.1. The van der Waals surface area contributed by atoms with Crippen LogP contribution < -0.4 is 5.32 Å². The quantitative estimate of drug-likeness (QED) is 0.448. The van der Waals surface area contributed by atoms with Crippen molar-refractivity contribution >= 4 is 11.8 Å². The maximum atomic E-state index is 12.5. The maximum absolute atomic E-state index is 12.5. The molecule has 1 saturated heterocycles. The molecule has 2 aromatic rings. The molecule has 0 radical (unpaired) electrons. The zero-order valence-corrected chi connectivity index (χ0v) is 22.2. The van der Waals surface area contributed by atoms with Crippen molar-refractivity contribution in [2.24, 2.45) is 5.92 Å². The standard InChI is InChI=1S/C30H41N3O4/c1-20(2)27-17-26-22(19-37-27)7-5-10-25(26)28(30(34)35)33-15-13-24(18-33)36-16-4-3-9-23-12-11-21-8-6-14-31-29(21)32-23/h5,7,10-12,20,24,27-28H,3-4,6,8-9,13-19H2,1-2H3,(H,31,32)(H,34,35)/t24-,27?,28+/m1/s1. The summed E-state index contributed by atoms with van der Waals surface area (Å²) in [6.07, 6.45) is 7.12. The Morgan fingerprint density at radius 3 is 2.97 bits per heavy atom. The molecule has 3 atom stereocenters. The van der Waals surface area contributed by atoms with Gasteiger partial charge in [-0.05, 0) is 79.2 Å². The van der Waals surface area contributed by atoms with Gasteiger partial charge in [0.25, 0.3) is 0 Å². The number of ether oxygens (including phenoxy) is 2. The van der Waals surface area contributed by atoms with Gasteiger partial charge >= 0.3 is 5.97 Å². The average molecular weight is 508 g/mol. The largest absolute Gasteiger partial charge is 0.480 e. The van der Waals surface area contributed by atoms with E-state index in [4.69, 9.17) is 14.5 Å². The lowest BCUT2D eigenvalue weighted by molar-refractivity contribution is -0.143. The van der Waals surface area contributed by atoms with Crippen molar-refractivity contribution in [2.75, 3.05) is 31.6 Å². The number of nitrogens with zero attached hydrogens (tertiary/aromatic N) is 2. The molecule has 0 bridgehead atoms. The first-order valence-corrected chi connectivity index (χ1v) is 14.0. The zero-order valence-electron chi connectivity index (χ0n) is 22.2. The summed E-state index contributed by atoms with van der Waals surface area (Å²) in [7, 11) is 0. The fourth-order valence-electron chi connectivity index (χ4n) is 5.96. The molecule has 3 aliphatic heterocycles. The van der Waals surface area contributed by atoms with Crippen molar-refractivity contribution in [1.82, 2.24) is 9.88 Å². The Morgan fingerprint density at radius 2 is 2.14 bits per heavy atom. The number of nitrogens with one attached hydrogen (secondary N) is 1. The van der Waals surface area contributed by atoms with Crippen LogP contribution in [-0.4, -0.2) is 59.4 Å². The van der Waals surface area contributed by atoms with Gasteiger partial charge in [0.1, 0.15) is 11.9 Å². The molecule has 4 heterocycles. The van der Waals surface area contributed by atoms with Gasteiger partial charge in [0, 0.05) is 31.9 Å². The Kier molecular flexibility index (Phi) is 8.43. The van der Waals surface area contributed by atoms with Gasteiger partial charge in [0.05, 0.1) is 18.8 Å². The number of aryl methyl sites for hydroxylation is 2. The minimum Gasteiger partial charge on any atom is -0.480 e. The van der Waals surface area contributed by atoms with Crippen LogP contribution in [0, 0.1) is 5.92 Å². The second kappa shape index (κ2) is 11.9. The summed E-state index contributed by atoms with van der Waals surface area (Å²) in [5.41, 5.74) is 5.67. The summed E-state index contributed by atoms with van der Waals surface area (Å²) in [4.78, 5) is 19.4. The molecular formula is C30H41N3O4. The van der Waals surface area contributed by atoms with Crippen LogP contribution in [-0.2, 0) is 40.1 Å². The van der Waals surface area contributed by atoms with Crippen LogP contribution in [0.5, 0.6) is 0 Å². The number of carbonyl (C=O) groups is 1. The zero-order chi connectivity index (χ0) is 25.8. The van der Waals surface area contributed by atoms with Gasteiger partial charge in [-0.3, -0.25) is 9.69 Å². The first kappa shape index (κ1) is 26.1. The Bertz CT molecular complexity index is 1090. The summed E-state index contributed by atoms with van der Waals surface area (Å²) >= 11 is 0. The highest BCUT2D eigenvalue weighted by molar-refractivity contribution is 5.76. The van der Waals surface area contributed by atoms with E-state index in [-0.39, 0.29) is 12.2 Å². The van der Waals surface area contributed by atoms with E-state index >= 15 is 0 Å². The number of fused-ring (bicyclic) bond motifs is 2. The number of hydrogen-bond donors (Lipinski definition) is 2. The van der Waals surface area contributed by atoms with E-state index in [1.54, 1.807) is 0 Å². The van der Waals surface area contributed by atoms with Gasteiger partial charge in [0.2, 0.25) is 0 Å². The molecule has 3 aliphatic rings. The fourth-order valence-corrected chi connectivity index (χ4v) is 5.96. The van der Waals surface area contributed by atoms with Crippen LogP contribution in [0.25, 0.3) is 0 Å². The van der Waals surface area contributed by atoms with Crippen molar-refractivity contribution in [1.29, 1.82) is 0 Å². The minimum absolute atomic E-state index is 0.0826. The monoisotopic (exact) mass is 507 g/mol. The van der Waals surface area contributed by atoms with Crippen molar-refractivity contribution in [2.45, 2.75) is 83.6 Å². The number of unbranched alkanes of at least 4 members (excludes halogenated alkanes) is 1. The van der Waals surface area contributed by atoms with E-state index in [0.29, 0.717) is 25.7 Å². The first-order chi connectivity index (χ1) is 18.0. The molecule has 2 N–H and O–H groups in total. The molecular weight excluding hydrogens is 466 g/mol. The van der Waals surface area contributed by atoms with Crippen LogP contribution in [0.4, 0.5) is 5.82 Å². The van der Waals surface area contributed by atoms with Crippen molar-refractivity contribution < 1.29 is 19.4 Å². The molecule has 5 rings (SSSR count). The minimum atomic E-state index is -0.784. The van der Waals surface area contributed by atoms with Gasteiger partial charge in [-0.1, -0.05) is 38.1 Å². The SMILES string of the molecule is CC(C)C1Cc2c(cccc2[C@@H](C(=O)O)N2CC[C@@H](OCCCCc3ccc4c(n3)NCCC4)C2)CO1. The molecule has 37 heavy (non-hydrogen) atoms. The van der Waals surface area contributed by atoms with Crippen molar-refractivity contribution in [3.05, 3.63) is 58.3 Å². The molecule has 0 saturated carbocycles. The number of hydrogen-bond acceptors (Lipinski definition) is 6. The average Bonchev–Trinajstić information content (AvgIpc) is 3.36. The number of anilines is 1. The number of aromatic nitrogens is 1. The second-order valence-electron chi connectivity index (χ2n) is 11.1. The third-order valence-corrected chi connectivity index (χ3v) is 8.11. The number of rotatable bonds is 10. The van der Waals surface area contributed by atoms with Crippen LogP contribution in [0.15, 0.2) is 30.3 Å². The van der Waals surface area contributed by atoms with E-state index in [0.717, 1.165) is 79.8 Å². The lowest BCUT2D eigenvalue weighted by Gasteiger charge is -2.33. The normalized spacial score (nSPS) is 22.4. The van der Waals surface area contributed by atoms with E-state index < -0.39 is 12.0 Å². The van der Waals surface area contributed by atoms with E-state index in [9.17, 15) is 9.90 Å². The summed E-state index contributed by atoms with van der Waals surface area (Å²) in [6.45, 7) is 7.99. The molecule has 200 valence electrons. The lowest BCUT2D eigenvalue weighted by atomic mass is 9.87. The molecule has 1 aromatic carbocycles. The molecule has 1 fully saturated rings. The Morgan fingerprint density at radius 1 is 1.24 bits per heavy atom. The topological polar surface area (TPSA) is 83.9 Å². The van der Waals surface area contributed by atoms with E-state index in [2.05, 4.69) is 42.3 Å². The van der Waals surface area contributed by atoms with Crippen LogP contribution >= 0.6 is 0 Å². The van der Waals surface area contributed by atoms with Gasteiger partial charge in [-0.25, -0.2) is 4.98 Å². The predicted molar refractivity (Wildman–Crippen MR) is 144 cm³/mol. The van der Waals surface area contributed by atoms with Gasteiger partial charge in [0.15, 0.2) is 0 Å². The Labute approximate surface area is 220 Å². The Hall–Kier alpha value is -2.48. The van der Waals surface area contributed by atoms with Crippen LogP contribution in [0.2, 0.25) is 0 Å². The molecule has 1 unspecified atom stereocenters. The maximum Gasteiger partial charge on any atom is 0.325 e. The Balaban J connectivity index is 1.13. The number of carboxylic acid groups (broad SMARTS) is 1. The molecule has 0 spiro atoms. The highest BCUT2D eigenvalue weighted by atomic mass is 16.5. The molecule has 0 amide bonds. The number of aliphatic carboxylic acids is 1. The van der Waals surface area contributed by atoms with Crippen molar-refractivity contribution in [3.8, 4) is 0 Å². The molecule has 7 heteroatoms. The van der Waals surface area contributed by atoms with E-state index in [1.807, 2.05) is 12.1 Å². The third-order valence-electron chi connectivity index (χ3n) is 8.11. The third kappa shape index (κ3) is 6.16. The number of likely N-dealkylation sites (tertiary alicyclic amines) is 1. The number of benzene rings is 1. The molecule has 1 aromatic heterocycles. The highest BCUT2D eigenvalue weighted by Gasteiger charge is 2.36. The first-order valence-electron chi connectivity index (χ1n) is 14.0. The summed E-state index contributed by atoms with van der Waals surface area (Å²) in [5, 5.41) is 13.7.